The molecule has 0 saturated carbocycles. The van der Waals surface area contributed by atoms with Crippen molar-refractivity contribution in [2.75, 3.05) is 0 Å². The highest BCUT2D eigenvalue weighted by Gasteiger charge is 2.48. The number of amides is 3. The Morgan fingerprint density at radius 2 is 1.91 bits per heavy atom. The SMILES string of the molecule is CC1(c2ccccc2)NC(=O)N(Cc2ccc(Cl)nc2)C1=O. The fourth-order valence-electron chi connectivity index (χ4n) is 2.49. The Morgan fingerprint density at radius 3 is 2.55 bits per heavy atom. The van der Waals surface area contributed by atoms with Crippen molar-refractivity contribution in [2.24, 2.45) is 0 Å². The van der Waals surface area contributed by atoms with Crippen molar-refractivity contribution in [3.8, 4) is 0 Å². The fraction of sp³-hybridized carbons (Fsp3) is 0.188. The molecule has 0 spiro atoms. The maximum Gasteiger partial charge on any atom is 0.325 e. The van der Waals surface area contributed by atoms with Gasteiger partial charge in [-0.3, -0.25) is 9.69 Å². The topological polar surface area (TPSA) is 62.3 Å². The van der Waals surface area contributed by atoms with Gasteiger partial charge in [-0.15, -0.1) is 0 Å². The number of benzene rings is 1. The Bertz CT molecular complexity index is 718. The molecule has 1 unspecified atom stereocenters. The highest BCUT2D eigenvalue weighted by atomic mass is 35.5. The maximum absolute atomic E-state index is 12.7. The van der Waals surface area contributed by atoms with Crippen LogP contribution in [0.3, 0.4) is 0 Å². The zero-order chi connectivity index (χ0) is 15.7. The van der Waals surface area contributed by atoms with Gasteiger partial charge in [-0.2, -0.15) is 0 Å². The highest BCUT2D eigenvalue weighted by molar-refractivity contribution is 6.29. The summed E-state index contributed by atoms with van der Waals surface area (Å²) in [6.07, 6.45) is 1.56. The number of rotatable bonds is 3. The van der Waals surface area contributed by atoms with Crippen LogP contribution in [0.25, 0.3) is 0 Å². The normalized spacial score (nSPS) is 21.1. The molecule has 1 aromatic heterocycles. The van der Waals surface area contributed by atoms with Crippen molar-refractivity contribution in [3.05, 3.63) is 64.9 Å². The quantitative estimate of drug-likeness (QED) is 0.699. The van der Waals surface area contributed by atoms with Crippen LogP contribution < -0.4 is 5.32 Å². The van der Waals surface area contributed by atoms with Crippen molar-refractivity contribution in [3.63, 3.8) is 0 Å². The number of pyridine rings is 1. The summed E-state index contributed by atoms with van der Waals surface area (Å²) in [7, 11) is 0. The maximum atomic E-state index is 12.7. The third-order valence-corrected chi connectivity index (χ3v) is 3.98. The minimum absolute atomic E-state index is 0.164. The number of hydrogen-bond acceptors (Lipinski definition) is 3. The fourth-order valence-corrected chi connectivity index (χ4v) is 2.60. The Hall–Kier alpha value is -2.40. The molecule has 3 amide bonds. The lowest BCUT2D eigenvalue weighted by Crippen LogP contribution is -2.40. The summed E-state index contributed by atoms with van der Waals surface area (Å²) in [4.78, 5) is 30.1. The van der Waals surface area contributed by atoms with Crippen LogP contribution >= 0.6 is 11.6 Å². The minimum atomic E-state index is -1.04. The number of imide groups is 1. The Balaban J connectivity index is 1.87. The van der Waals surface area contributed by atoms with Gasteiger partial charge in [-0.25, -0.2) is 9.78 Å². The first-order chi connectivity index (χ1) is 10.5. The van der Waals surface area contributed by atoms with E-state index in [4.69, 9.17) is 11.6 Å². The van der Waals surface area contributed by atoms with E-state index in [2.05, 4.69) is 10.3 Å². The molecule has 1 fully saturated rings. The van der Waals surface area contributed by atoms with Gasteiger partial charge in [0.25, 0.3) is 5.91 Å². The summed E-state index contributed by atoms with van der Waals surface area (Å²) in [5, 5.41) is 3.14. The lowest BCUT2D eigenvalue weighted by Gasteiger charge is -2.22. The lowest BCUT2D eigenvalue weighted by molar-refractivity contribution is -0.131. The van der Waals surface area contributed by atoms with Crippen LogP contribution in [0.5, 0.6) is 0 Å². The molecule has 1 aliphatic heterocycles. The van der Waals surface area contributed by atoms with Gasteiger partial charge in [-0.05, 0) is 24.1 Å². The van der Waals surface area contributed by atoms with E-state index in [1.807, 2.05) is 30.3 Å². The van der Waals surface area contributed by atoms with Gasteiger partial charge < -0.3 is 5.32 Å². The summed E-state index contributed by atoms with van der Waals surface area (Å²) in [5.74, 6) is -0.279. The van der Waals surface area contributed by atoms with Crippen molar-refractivity contribution in [1.29, 1.82) is 0 Å². The van der Waals surface area contributed by atoms with E-state index < -0.39 is 11.6 Å². The van der Waals surface area contributed by atoms with E-state index >= 15 is 0 Å². The molecule has 112 valence electrons. The number of urea groups is 1. The van der Waals surface area contributed by atoms with Gasteiger partial charge >= 0.3 is 6.03 Å². The molecule has 1 aliphatic rings. The van der Waals surface area contributed by atoms with Gasteiger partial charge in [0.1, 0.15) is 10.7 Å². The molecule has 0 aliphatic carbocycles. The van der Waals surface area contributed by atoms with Crippen molar-refractivity contribution >= 4 is 23.5 Å². The molecule has 1 N–H and O–H groups in total. The number of aromatic nitrogens is 1. The van der Waals surface area contributed by atoms with E-state index in [-0.39, 0.29) is 12.5 Å². The van der Waals surface area contributed by atoms with Crippen molar-refractivity contribution < 1.29 is 9.59 Å². The Labute approximate surface area is 132 Å². The third-order valence-electron chi connectivity index (χ3n) is 3.76. The lowest BCUT2D eigenvalue weighted by atomic mass is 9.92. The van der Waals surface area contributed by atoms with Crippen LogP contribution in [0.4, 0.5) is 4.79 Å². The molecule has 22 heavy (non-hydrogen) atoms. The zero-order valence-corrected chi connectivity index (χ0v) is 12.7. The molecule has 2 aromatic rings. The predicted molar refractivity (Wildman–Crippen MR) is 82.1 cm³/mol. The first-order valence-corrected chi connectivity index (χ1v) is 7.18. The average Bonchev–Trinajstić information content (AvgIpc) is 2.75. The summed E-state index contributed by atoms with van der Waals surface area (Å²) >= 11 is 5.74. The summed E-state index contributed by atoms with van der Waals surface area (Å²) in [6, 6.07) is 12.2. The first-order valence-electron chi connectivity index (χ1n) is 6.81. The van der Waals surface area contributed by atoms with Crippen LogP contribution in [-0.2, 0) is 16.9 Å². The largest absolute Gasteiger partial charge is 0.325 e. The highest BCUT2D eigenvalue weighted by Crippen LogP contribution is 2.29. The molecule has 0 bridgehead atoms. The van der Waals surface area contributed by atoms with Crippen LogP contribution in [0.2, 0.25) is 5.15 Å². The van der Waals surface area contributed by atoms with Gasteiger partial charge in [0.05, 0.1) is 6.54 Å². The monoisotopic (exact) mass is 315 g/mol. The van der Waals surface area contributed by atoms with E-state index in [9.17, 15) is 9.59 Å². The number of carbonyl (C=O) groups excluding carboxylic acids is 2. The summed E-state index contributed by atoms with van der Waals surface area (Å²) < 4.78 is 0. The molecule has 1 atom stereocenters. The van der Waals surface area contributed by atoms with E-state index in [1.165, 1.54) is 4.90 Å². The van der Waals surface area contributed by atoms with Gasteiger partial charge in [-0.1, -0.05) is 48.0 Å². The predicted octanol–water partition coefficient (Wildman–Crippen LogP) is 2.70. The molecule has 3 rings (SSSR count). The number of nitrogens with one attached hydrogen (secondary N) is 1. The summed E-state index contributed by atoms with van der Waals surface area (Å²) in [6.45, 7) is 1.87. The molecule has 2 heterocycles. The van der Waals surface area contributed by atoms with Gasteiger partial charge in [0.2, 0.25) is 0 Å². The van der Waals surface area contributed by atoms with Crippen LogP contribution in [-0.4, -0.2) is 21.8 Å². The van der Waals surface area contributed by atoms with E-state index in [0.717, 1.165) is 11.1 Å². The van der Waals surface area contributed by atoms with Crippen LogP contribution in [0.1, 0.15) is 18.1 Å². The first kappa shape index (κ1) is 14.5. The second kappa shape index (κ2) is 5.42. The van der Waals surface area contributed by atoms with Crippen molar-refractivity contribution in [2.45, 2.75) is 19.0 Å². The zero-order valence-electron chi connectivity index (χ0n) is 11.9. The molecule has 1 saturated heterocycles. The number of nitrogens with zero attached hydrogens (tertiary/aromatic N) is 2. The van der Waals surface area contributed by atoms with E-state index in [0.29, 0.717) is 5.15 Å². The van der Waals surface area contributed by atoms with Gasteiger partial charge in [0.15, 0.2) is 0 Å². The Morgan fingerprint density at radius 1 is 1.18 bits per heavy atom. The molecule has 0 radical (unpaired) electrons. The van der Waals surface area contributed by atoms with Crippen molar-refractivity contribution in [1.82, 2.24) is 15.2 Å². The molecule has 1 aromatic carbocycles. The second-order valence-electron chi connectivity index (χ2n) is 5.30. The smallest absolute Gasteiger partial charge is 0.319 e. The third kappa shape index (κ3) is 2.44. The van der Waals surface area contributed by atoms with Gasteiger partial charge in [0, 0.05) is 6.20 Å². The minimum Gasteiger partial charge on any atom is -0.319 e. The summed E-state index contributed by atoms with van der Waals surface area (Å²) in [5.41, 5.74) is 0.452. The Kier molecular flexibility index (Phi) is 3.58. The number of carbonyl (C=O) groups is 2. The van der Waals surface area contributed by atoms with E-state index in [1.54, 1.807) is 25.3 Å². The van der Waals surface area contributed by atoms with Crippen LogP contribution in [0, 0.1) is 0 Å². The number of halogens is 1. The number of hydrogen-bond donors (Lipinski definition) is 1. The molecular weight excluding hydrogens is 302 g/mol. The molecule has 6 heteroatoms. The van der Waals surface area contributed by atoms with Crippen LogP contribution in [0.15, 0.2) is 48.7 Å². The molecular formula is C16H14ClN3O2. The standard InChI is InChI=1S/C16H14ClN3O2/c1-16(12-5-3-2-4-6-12)14(21)20(15(22)19-16)10-11-7-8-13(17)18-9-11/h2-9H,10H2,1H3,(H,19,22). The average molecular weight is 316 g/mol. The molecule has 5 nitrogen and oxygen atoms in total. The second-order valence-corrected chi connectivity index (χ2v) is 5.69.